The molecule has 0 aromatic heterocycles. The van der Waals surface area contributed by atoms with Crippen LogP contribution in [-0.4, -0.2) is 5.97 Å². The molecule has 3 heteroatoms. The molecule has 0 amide bonds. The third-order valence-electron chi connectivity index (χ3n) is 2.46. The van der Waals surface area contributed by atoms with Gasteiger partial charge in [0.05, 0.1) is 0 Å². The van der Waals surface area contributed by atoms with Gasteiger partial charge in [0.2, 0.25) is 0 Å². The lowest BCUT2D eigenvalue weighted by Crippen LogP contribution is -2.00. The lowest BCUT2D eigenvalue weighted by molar-refractivity contribution is -0.141. The largest absolute Gasteiger partial charge is 0.457 e. The molecule has 1 atom stereocenters. The van der Waals surface area contributed by atoms with Crippen LogP contribution in [0.1, 0.15) is 30.1 Å². The highest BCUT2D eigenvalue weighted by Gasteiger charge is 2.25. The van der Waals surface area contributed by atoms with Crippen LogP contribution in [0.4, 0.5) is 0 Å². The molecule has 1 aliphatic heterocycles. The van der Waals surface area contributed by atoms with Crippen LogP contribution in [0.3, 0.4) is 0 Å². The predicted octanol–water partition coefficient (Wildman–Crippen LogP) is 3.03. The Morgan fingerprint density at radius 1 is 1.50 bits per heavy atom. The number of halogens is 1. The van der Waals surface area contributed by atoms with E-state index in [1.165, 1.54) is 0 Å². The van der Waals surface area contributed by atoms with Crippen molar-refractivity contribution in [1.82, 2.24) is 0 Å². The Hall–Kier alpha value is -1.02. The summed E-state index contributed by atoms with van der Waals surface area (Å²) in [6.45, 7) is 1.98. The molecule has 1 fully saturated rings. The zero-order valence-electron chi connectivity index (χ0n) is 7.92. The van der Waals surface area contributed by atoms with Gasteiger partial charge in [0, 0.05) is 11.4 Å². The summed E-state index contributed by atoms with van der Waals surface area (Å²) in [5.74, 6) is -0.107. The molecule has 2 rings (SSSR count). The fourth-order valence-corrected chi connectivity index (χ4v) is 1.97. The summed E-state index contributed by atoms with van der Waals surface area (Å²) in [5.41, 5.74) is 2.15. The molecule has 2 nitrogen and oxygen atoms in total. The first-order chi connectivity index (χ1) is 6.66. The van der Waals surface area contributed by atoms with E-state index in [1.54, 1.807) is 0 Å². The molecule has 1 aromatic carbocycles. The third kappa shape index (κ3) is 1.75. The minimum absolute atomic E-state index is 0.0697. The lowest BCUT2D eigenvalue weighted by Gasteiger charge is -2.12. The number of carbonyl (C=O) groups excluding carboxylic acids is 1. The SMILES string of the molecule is Cc1cc(Cl)ccc1C1CCC(=O)O1. The quantitative estimate of drug-likeness (QED) is 0.666. The Bertz CT molecular complexity index is 374. The highest BCUT2D eigenvalue weighted by Crippen LogP contribution is 2.32. The minimum atomic E-state index is -0.107. The van der Waals surface area contributed by atoms with Gasteiger partial charge in [-0.15, -0.1) is 0 Å². The average Bonchev–Trinajstić information content (AvgIpc) is 2.51. The number of rotatable bonds is 1. The third-order valence-corrected chi connectivity index (χ3v) is 2.70. The van der Waals surface area contributed by atoms with E-state index in [4.69, 9.17) is 16.3 Å². The van der Waals surface area contributed by atoms with Crippen molar-refractivity contribution in [2.75, 3.05) is 0 Å². The van der Waals surface area contributed by atoms with Gasteiger partial charge in [0.1, 0.15) is 6.10 Å². The number of cyclic esters (lactones) is 1. The molecule has 1 aromatic rings. The molecule has 74 valence electrons. The van der Waals surface area contributed by atoms with Crippen molar-refractivity contribution < 1.29 is 9.53 Å². The van der Waals surface area contributed by atoms with Crippen molar-refractivity contribution in [3.63, 3.8) is 0 Å². The molecule has 1 saturated heterocycles. The van der Waals surface area contributed by atoms with E-state index in [-0.39, 0.29) is 12.1 Å². The molecule has 0 aliphatic carbocycles. The molecule has 0 radical (unpaired) electrons. The van der Waals surface area contributed by atoms with Crippen LogP contribution < -0.4 is 0 Å². The van der Waals surface area contributed by atoms with Crippen LogP contribution >= 0.6 is 11.6 Å². The van der Waals surface area contributed by atoms with E-state index >= 15 is 0 Å². The summed E-state index contributed by atoms with van der Waals surface area (Å²) in [6.07, 6.45) is 1.23. The Kier molecular flexibility index (Phi) is 2.46. The first-order valence-corrected chi connectivity index (χ1v) is 5.00. The fraction of sp³-hybridized carbons (Fsp3) is 0.364. The predicted molar refractivity (Wildman–Crippen MR) is 54.3 cm³/mol. The highest BCUT2D eigenvalue weighted by atomic mass is 35.5. The maximum atomic E-state index is 11.0. The monoisotopic (exact) mass is 210 g/mol. The maximum Gasteiger partial charge on any atom is 0.306 e. The molecule has 1 unspecified atom stereocenters. The van der Waals surface area contributed by atoms with Crippen molar-refractivity contribution in [3.05, 3.63) is 34.3 Å². The van der Waals surface area contributed by atoms with Crippen molar-refractivity contribution in [2.24, 2.45) is 0 Å². The Morgan fingerprint density at radius 3 is 2.86 bits per heavy atom. The van der Waals surface area contributed by atoms with Gasteiger partial charge in [-0.2, -0.15) is 0 Å². The number of hydrogen-bond donors (Lipinski definition) is 0. The van der Waals surface area contributed by atoms with Crippen LogP contribution in [0.5, 0.6) is 0 Å². The summed E-state index contributed by atoms with van der Waals surface area (Å²) >= 11 is 5.84. The van der Waals surface area contributed by atoms with E-state index in [9.17, 15) is 4.79 Å². The first-order valence-electron chi connectivity index (χ1n) is 4.62. The summed E-state index contributed by atoms with van der Waals surface area (Å²) < 4.78 is 5.19. The normalized spacial score (nSPS) is 21.0. The van der Waals surface area contributed by atoms with Gasteiger partial charge in [0.15, 0.2) is 0 Å². The lowest BCUT2D eigenvalue weighted by atomic mass is 10.0. The smallest absolute Gasteiger partial charge is 0.306 e. The van der Waals surface area contributed by atoms with Crippen LogP contribution in [0.25, 0.3) is 0 Å². The van der Waals surface area contributed by atoms with Crippen molar-refractivity contribution in [3.8, 4) is 0 Å². The van der Waals surface area contributed by atoms with Crippen molar-refractivity contribution in [1.29, 1.82) is 0 Å². The molecule has 0 saturated carbocycles. The van der Waals surface area contributed by atoms with Gasteiger partial charge in [-0.1, -0.05) is 17.7 Å². The number of benzene rings is 1. The number of ether oxygens (including phenoxy) is 1. The fourth-order valence-electron chi connectivity index (χ4n) is 1.74. The Morgan fingerprint density at radius 2 is 2.29 bits per heavy atom. The molecule has 0 bridgehead atoms. The molecular formula is C11H11ClO2. The van der Waals surface area contributed by atoms with Gasteiger partial charge < -0.3 is 4.74 Å². The van der Waals surface area contributed by atoms with E-state index in [2.05, 4.69) is 0 Å². The average molecular weight is 211 g/mol. The van der Waals surface area contributed by atoms with Gasteiger partial charge in [-0.25, -0.2) is 0 Å². The van der Waals surface area contributed by atoms with Crippen LogP contribution in [0, 0.1) is 6.92 Å². The molecule has 0 N–H and O–H groups in total. The topological polar surface area (TPSA) is 26.3 Å². The number of carbonyl (C=O) groups is 1. The van der Waals surface area contributed by atoms with Crippen molar-refractivity contribution >= 4 is 17.6 Å². The van der Waals surface area contributed by atoms with Gasteiger partial charge in [-0.05, 0) is 36.6 Å². The van der Waals surface area contributed by atoms with Crippen molar-refractivity contribution in [2.45, 2.75) is 25.9 Å². The van der Waals surface area contributed by atoms with E-state index in [1.807, 2.05) is 25.1 Å². The minimum Gasteiger partial charge on any atom is -0.457 e. The first kappa shape index (κ1) is 9.53. The molecule has 14 heavy (non-hydrogen) atoms. The van der Waals surface area contributed by atoms with Crippen LogP contribution in [-0.2, 0) is 9.53 Å². The molecular weight excluding hydrogens is 200 g/mol. The highest BCUT2D eigenvalue weighted by molar-refractivity contribution is 6.30. The van der Waals surface area contributed by atoms with Gasteiger partial charge >= 0.3 is 5.97 Å². The number of hydrogen-bond acceptors (Lipinski definition) is 2. The van der Waals surface area contributed by atoms with Gasteiger partial charge in [0.25, 0.3) is 0 Å². The van der Waals surface area contributed by atoms with E-state index in [0.29, 0.717) is 6.42 Å². The van der Waals surface area contributed by atoms with E-state index < -0.39 is 0 Å². The summed E-state index contributed by atoms with van der Waals surface area (Å²) in [7, 11) is 0. The standard InChI is InChI=1S/C11H11ClO2/c1-7-6-8(12)2-3-9(7)10-4-5-11(13)14-10/h2-3,6,10H,4-5H2,1H3. The summed E-state index contributed by atoms with van der Waals surface area (Å²) in [4.78, 5) is 11.0. The molecule has 1 heterocycles. The molecule has 1 aliphatic rings. The second kappa shape index (κ2) is 3.62. The summed E-state index contributed by atoms with van der Waals surface area (Å²) in [6, 6.07) is 5.65. The number of aryl methyl sites for hydroxylation is 1. The molecule has 0 spiro atoms. The second-order valence-corrected chi connectivity index (χ2v) is 3.95. The maximum absolute atomic E-state index is 11.0. The Balaban J connectivity index is 2.28. The Labute approximate surface area is 87.8 Å². The second-order valence-electron chi connectivity index (χ2n) is 3.52. The summed E-state index contributed by atoms with van der Waals surface area (Å²) in [5, 5.41) is 0.718. The zero-order chi connectivity index (χ0) is 10.1. The van der Waals surface area contributed by atoms with Gasteiger partial charge in [-0.3, -0.25) is 4.79 Å². The van der Waals surface area contributed by atoms with E-state index in [0.717, 1.165) is 22.6 Å². The zero-order valence-corrected chi connectivity index (χ0v) is 8.67. The number of esters is 1. The van der Waals surface area contributed by atoms with Crippen LogP contribution in [0.15, 0.2) is 18.2 Å². The van der Waals surface area contributed by atoms with Crippen LogP contribution in [0.2, 0.25) is 5.02 Å².